The molecule has 1 unspecified atom stereocenters. The molecule has 0 aromatic carbocycles. The van der Waals surface area contributed by atoms with Crippen LogP contribution >= 0.6 is 0 Å². The van der Waals surface area contributed by atoms with Crippen molar-refractivity contribution >= 4 is 15.9 Å². The van der Waals surface area contributed by atoms with Crippen molar-refractivity contribution in [2.45, 2.75) is 19.1 Å². The van der Waals surface area contributed by atoms with Crippen LogP contribution in [-0.4, -0.2) is 86.4 Å². The largest absolute Gasteiger partial charge is 0.366 e. The van der Waals surface area contributed by atoms with Gasteiger partial charge in [0.25, 0.3) is 5.91 Å². The van der Waals surface area contributed by atoms with Gasteiger partial charge >= 0.3 is 0 Å². The van der Waals surface area contributed by atoms with Crippen LogP contribution in [0.5, 0.6) is 0 Å². The van der Waals surface area contributed by atoms with E-state index in [1.54, 1.807) is 11.9 Å². The normalized spacial score (nSPS) is 21.3. The molecule has 146 valence electrons. The van der Waals surface area contributed by atoms with Crippen molar-refractivity contribution in [3.63, 3.8) is 0 Å². The molecule has 4 rings (SSSR count). The third kappa shape index (κ3) is 3.44. The van der Waals surface area contributed by atoms with Gasteiger partial charge < -0.3 is 9.64 Å². The van der Waals surface area contributed by atoms with Gasteiger partial charge in [0.2, 0.25) is 15.8 Å². The van der Waals surface area contributed by atoms with E-state index >= 15 is 0 Å². The van der Waals surface area contributed by atoms with Crippen molar-refractivity contribution in [2.75, 3.05) is 32.5 Å². The fourth-order valence-corrected chi connectivity index (χ4v) is 4.11. The minimum Gasteiger partial charge on any atom is -0.366 e. The van der Waals surface area contributed by atoms with Crippen molar-refractivity contribution in [3.8, 4) is 0 Å². The Bertz CT molecular complexity index is 968. The number of tetrazole rings is 1. The number of rotatable bonds is 3. The summed E-state index contributed by atoms with van der Waals surface area (Å²) in [6.07, 6.45) is 1.18. The Morgan fingerprint density at radius 1 is 1.33 bits per heavy atom. The molecule has 1 saturated heterocycles. The Morgan fingerprint density at radius 2 is 2.15 bits per heavy atom. The van der Waals surface area contributed by atoms with Gasteiger partial charge in [0.1, 0.15) is 6.10 Å². The number of aromatic nitrogens is 6. The molecule has 12 nitrogen and oxygen atoms in total. The van der Waals surface area contributed by atoms with Crippen molar-refractivity contribution in [1.29, 1.82) is 0 Å². The molecule has 0 bridgehead atoms. The Morgan fingerprint density at radius 3 is 2.85 bits per heavy atom. The Hall–Kier alpha value is -2.38. The molecule has 2 aromatic rings. The zero-order chi connectivity index (χ0) is 19.2. The number of sulfonamides is 1. The average molecular weight is 396 g/mol. The molecule has 1 fully saturated rings. The van der Waals surface area contributed by atoms with Crippen molar-refractivity contribution in [2.24, 2.45) is 7.05 Å². The van der Waals surface area contributed by atoms with Crippen LogP contribution < -0.4 is 0 Å². The lowest BCUT2D eigenvalue weighted by Gasteiger charge is -2.31. The van der Waals surface area contributed by atoms with Gasteiger partial charge in [0.05, 0.1) is 38.7 Å². The number of amides is 1. The molecule has 1 N–H and O–H groups in total. The second kappa shape index (κ2) is 6.65. The maximum Gasteiger partial charge on any atom is 0.274 e. The van der Waals surface area contributed by atoms with Gasteiger partial charge in [-0.2, -0.15) is 14.2 Å². The number of morpholine rings is 1. The van der Waals surface area contributed by atoms with E-state index in [-0.39, 0.29) is 12.5 Å². The van der Waals surface area contributed by atoms with Crippen molar-refractivity contribution in [3.05, 3.63) is 22.8 Å². The fraction of sp³-hybridized carbons (Fsp3) is 0.643. The van der Waals surface area contributed by atoms with Gasteiger partial charge in [-0.3, -0.25) is 9.89 Å². The maximum atomic E-state index is 13.0. The Kier molecular flexibility index (Phi) is 4.44. The summed E-state index contributed by atoms with van der Waals surface area (Å²) in [5.74, 6) is 0.223. The number of fused-ring (bicyclic) bond motifs is 1. The topological polar surface area (TPSA) is 139 Å². The third-order valence-corrected chi connectivity index (χ3v) is 5.99. The van der Waals surface area contributed by atoms with Crippen LogP contribution in [0, 0.1) is 0 Å². The van der Waals surface area contributed by atoms with Crippen molar-refractivity contribution < 1.29 is 17.9 Å². The number of nitrogens with one attached hydrogen (secondary N) is 1. The first-order valence-corrected chi connectivity index (χ1v) is 10.3. The van der Waals surface area contributed by atoms with Gasteiger partial charge in [0.15, 0.2) is 5.69 Å². The Labute approximate surface area is 155 Å². The molecular weight excluding hydrogens is 376 g/mol. The average Bonchev–Trinajstić information content (AvgIpc) is 3.26. The first-order valence-electron chi connectivity index (χ1n) is 8.49. The highest BCUT2D eigenvalue weighted by molar-refractivity contribution is 7.88. The summed E-state index contributed by atoms with van der Waals surface area (Å²) in [6, 6.07) is 0. The Balaban J connectivity index is 1.51. The second-order valence-electron chi connectivity index (χ2n) is 6.62. The number of ether oxygens (including phenoxy) is 1. The molecular formula is C14H20N8O4S. The quantitative estimate of drug-likeness (QED) is 0.659. The molecule has 27 heavy (non-hydrogen) atoms. The van der Waals surface area contributed by atoms with Crippen LogP contribution in [0.15, 0.2) is 0 Å². The van der Waals surface area contributed by atoms with Crippen LogP contribution in [0.2, 0.25) is 0 Å². The lowest BCUT2D eigenvalue weighted by atomic mass is 10.0. The molecule has 2 aliphatic heterocycles. The smallest absolute Gasteiger partial charge is 0.274 e. The molecule has 1 atom stereocenters. The molecule has 0 saturated carbocycles. The number of nitrogens with zero attached hydrogens (tertiary/aromatic N) is 7. The minimum atomic E-state index is -3.28. The molecule has 4 heterocycles. The molecule has 2 aliphatic rings. The monoisotopic (exact) mass is 396 g/mol. The number of hydrogen-bond donors (Lipinski definition) is 1. The lowest BCUT2D eigenvalue weighted by Crippen LogP contribution is -2.43. The molecule has 0 radical (unpaired) electrons. The first-order chi connectivity index (χ1) is 12.8. The third-order valence-electron chi connectivity index (χ3n) is 4.74. The molecule has 13 heteroatoms. The van der Waals surface area contributed by atoms with Crippen LogP contribution in [0.1, 0.15) is 33.7 Å². The van der Waals surface area contributed by atoms with E-state index in [0.717, 1.165) is 5.56 Å². The second-order valence-corrected chi connectivity index (χ2v) is 8.61. The van der Waals surface area contributed by atoms with Gasteiger partial charge in [-0.15, -0.1) is 10.2 Å². The van der Waals surface area contributed by atoms with Gasteiger partial charge in [-0.25, -0.2) is 8.42 Å². The summed E-state index contributed by atoms with van der Waals surface area (Å²) in [5.41, 5.74) is 1.78. The first kappa shape index (κ1) is 18.0. The molecule has 1 amide bonds. The van der Waals surface area contributed by atoms with E-state index < -0.39 is 16.1 Å². The van der Waals surface area contributed by atoms with E-state index in [4.69, 9.17) is 4.74 Å². The number of H-pyrrole nitrogens is 1. The molecule has 0 aliphatic carbocycles. The highest BCUT2D eigenvalue weighted by Gasteiger charge is 2.34. The van der Waals surface area contributed by atoms with Crippen LogP contribution in [0.3, 0.4) is 0 Å². The van der Waals surface area contributed by atoms with E-state index in [1.165, 1.54) is 15.4 Å². The summed E-state index contributed by atoms with van der Waals surface area (Å²) < 4.78 is 30.5. The van der Waals surface area contributed by atoms with Gasteiger partial charge in [-0.1, -0.05) is 0 Å². The lowest BCUT2D eigenvalue weighted by molar-refractivity contribution is -0.0271. The highest BCUT2D eigenvalue weighted by Crippen LogP contribution is 2.25. The summed E-state index contributed by atoms with van der Waals surface area (Å²) in [4.78, 5) is 16.0. The van der Waals surface area contributed by atoms with E-state index in [1.807, 2.05) is 0 Å². The number of aromatic amines is 1. The highest BCUT2D eigenvalue weighted by atomic mass is 32.2. The summed E-state index contributed by atoms with van der Waals surface area (Å²) >= 11 is 0. The number of hydrogen-bond acceptors (Lipinski definition) is 8. The van der Waals surface area contributed by atoms with Crippen LogP contribution in [-0.2, 0) is 34.8 Å². The van der Waals surface area contributed by atoms with Gasteiger partial charge in [-0.05, 0) is 11.6 Å². The maximum absolute atomic E-state index is 13.0. The van der Waals surface area contributed by atoms with Crippen LogP contribution in [0.4, 0.5) is 0 Å². The zero-order valence-corrected chi connectivity index (χ0v) is 15.8. The molecule has 0 spiro atoms. The fourth-order valence-electron chi connectivity index (χ4n) is 3.32. The summed E-state index contributed by atoms with van der Waals surface area (Å²) in [5, 5.41) is 18.9. The number of carbonyl (C=O) groups is 1. The van der Waals surface area contributed by atoms with Gasteiger partial charge in [0, 0.05) is 18.7 Å². The minimum absolute atomic E-state index is 0.198. The summed E-state index contributed by atoms with van der Waals surface area (Å²) in [6.45, 7) is 1.64. The van der Waals surface area contributed by atoms with E-state index in [9.17, 15) is 13.2 Å². The van der Waals surface area contributed by atoms with Crippen molar-refractivity contribution in [1.82, 2.24) is 39.6 Å². The number of aryl methyl sites for hydroxylation is 1. The van der Waals surface area contributed by atoms with E-state index in [0.29, 0.717) is 49.9 Å². The standard InChI is InChI=1S/C14H20N8O4S/c1-20-18-13(17-19-20)11-8-21(5-6-26-11)14(23)12-9-3-4-22(27(2,24)25)7-10(9)15-16-12/h11H,3-8H2,1-2H3,(H,15,16). The number of carbonyl (C=O) groups excluding carboxylic acids is 1. The molecule has 2 aromatic heterocycles. The zero-order valence-electron chi connectivity index (χ0n) is 15.0. The summed E-state index contributed by atoms with van der Waals surface area (Å²) in [7, 11) is -1.62. The van der Waals surface area contributed by atoms with E-state index in [2.05, 4.69) is 25.6 Å². The predicted molar refractivity (Wildman–Crippen MR) is 90.9 cm³/mol. The predicted octanol–water partition coefficient (Wildman–Crippen LogP) is -1.54. The SMILES string of the molecule is Cn1nnc(C2CN(C(=O)c3n[nH]c4c3CCN(S(C)(=O)=O)C4)CCO2)n1. The van der Waals surface area contributed by atoms with Crippen LogP contribution in [0.25, 0.3) is 0 Å².